The first-order valence-electron chi connectivity index (χ1n) is 7.58. The molecule has 5 nitrogen and oxygen atoms in total. The smallest absolute Gasteiger partial charge is 0.342 e. The number of amides is 1. The van der Waals surface area contributed by atoms with E-state index in [4.69, 9.17) is 27.9 Å². The maximum absolute atomic E-state index is 12.2. The predicted octanol–water partition coefficient (Wildman–Crippen LogP) is 4.65. The van der Waals surface area contributed by atoms with Gasteiger partial charge in [0.15, 0.2) is 6.61 Å². The molecule has 0 aliphatic heterocycles. The van der Waals surface area contributed by atoms with Crippen molar-refractivity contribution in [1.29, 1.82) is 0 Å². The van der Waals surface area contributed by atoms with E-state index in [1.807, 2.05) is 18.2 Å². The van der Waals surface area contributed by atoms with E-state index in [1.54, 1.807) is 18.2 Å². The normalized spacial score (nSPS) is 10.5. The molecule has 132 valence electrons. The molecular weight excluding hydrogens is 377 g/mol. The van der Waals surface area contributed by atoms with Crippen LogP contribution in [0.25, 0.3) is 10.8 Å². The number of aromatic hydroxyl groups is 1. The summed E-state index contributed by atoms with van der Waals surface area (Å²) in [7, 11) is 0. The molecule has 0 aliphatic rings. The summed E-state index contributed by atoms with van der Waals surface area (Å²) in [6.07, 6.45) is 0. The molecule has 0 atom stereocenters. The fourth-order valence-corrected chi connectivity index (χ4v) is 2.83. The van der Waals surface area contributed by atoms with E-state index in [0.29, 0.717) is 10.7 Å². The predicted molar refractivity (Wildman–Crippen MR) is 101 cm³/mol. The fraction of sp³-hybridized carbons (Fsp3) is 0.0526. The summed E-state index contributed by atoms with van der Waals surface area (Å²) in [5.74, 6) is -1.58. The van der Waals surface area contributed by atoms with Crippen molar-refractivity contribution in [3.8, 4) is 5.75 Å². The summed E-state index contributed by atoms with van der Waals surface area (Å²) in [5.41, 5.74) is 0.340. The van der Waals surface area contributed by atoms with E-state index in [9.17, 15) is 14.7 Å². The second-order valence-electron chi connectivity index (χ2n) is 5.46. The van der Waals surface area contributed by atoms with Crippen LogP contribution in [0.2, 0.25) is 10.0 Å². The molecule has 0 radical (unpaired) electrons. The Morgan fingerprint density at radius 2 is 1.69 bits per heavy atom. The molecule has 1 amide bonds. The van der Waals surface area contributed by atoms with Crippen LogP contribution in [0.4, 0.5) is 5.69 Å². The number of anilines is 1. The molecule has 0 heterocycles. The molecule has 0 aromatic heterocycles. The fourth-order valence-electron chi connectivity index (χ4n) is 2.38. The number of fused-ring (bicyclic) bond motifs is 1. The first-order valence-corrected chi connectivity index (χ1v) is 8.33. The van der Waals surface area contributed by atoms with Crippen molar-refractivity contribution < 1.29 is 19.4 Å². The third-order valence-corrected chi connectivity index (χ3v) is 4.17. The maximum atomic E-state index is 12.2. The Morgan fingerprint density at radius 1 is 1.00 bits per heavy atom. The number of halogens is 2. The lowest BCUT2D eigenvalue weighted by molar-refractivity contribution is -0.119. The van der Waals surface area contributed by atoms with E-state index >= 15 is 0 Å². The van der Waals surface area contributed by atoms with Crippen LogP contribution in [-0.4, -0.2) is 23.6 Å². The lowest BCUT2D eigenvalue weighted by atomic mass is 10.1. The Kier molecular flexibility index (Phi) is 5.30. The van der Waals surface area contributed by atoms with Gasteiger partial charge in [0.25, 0.3) is 5.91 Å². The van der Waals surface area contributed by atoms with Crippen LogP contribution in [0.1, 0.15) is 10.4 Å². The monoisotopic (exact) mass is 389 g/mol. The molecule has 26 heavy (non-hydrogen) atoms. The molecule has 2 N–H and O–H groups in total. The number of ether oxygens (including phenoxy) is 1. The second kappa shape index (κ2) is 7.64. The van der Waals surface area contributed by atoms with E-state index in [0.717, 1.165) is 10.8 Å². The number of carbonyl (C=O) groups excluding carboxylic acids is 2. The molecule has 0 spiro atoms. The number of hydrogen-bond acceptors (Lipinski definition) is 4. The minimum Gasteiger partial charge on any atom is -0.507 e. The first-order chi connectivity index (χ1) is 12.4. The highest BCUT2D eigenvalue weighted by molar-refractivity contribution is 6.36. The summed E-state index contributed by atoms with van der Waals surface area (Å²) < 4.78 is 4.98. The van der Waals surface area contributed by atoms with Crippen molar-refractivity contribution in [3.05, 3.63) is 70.2 Å². The number of nitrogens with one attached hydrogen (secondary N) is 1. The van der Waals surface area contributed by atoms with Gasteiger partial charge in [0.1, 0.15) is 11.3 Å². The van der Waals surface area contributed by atoms with Crippen molar-refractivity contribution in [3.63, 3.8) is 0 Å². The van der Waals surface area contributed by atoms with Gasteiger partial charge in [-0.1, -0.05) is 47.5 Å². The van der Waals surface area contributed by atoms with Gasteiger partial charge in [-0.2, -0.15) is 0 Å². The summed E-state index contributed by atoms with van der Waals surface area (Å²) in [4.78, 5) is 24.1. The Bertz CT molecular complexity index is 1000. The van der Waals surface area contributed by atoms with Gasteiger partial charge in [0.2, 0.25) is 0 Å². The number of carbonyl (C=O) groups is 2. The average molecular weight is 390 g/mol. The molecule has 0 fully saturated rings. The zero-order chi connectivity index (χ0) is 18.7. The lowest BCUT2D eigenvalue weighted by Crippen LogP contribution is -2.21. The van der Waals surface area contributed by atoms with Crippen molar-refractivity contribution in [1.82, 2.24) is 0 Å². The summed E-state index contributed by atoms with van der Waals surface area (Å²) in [6.45, 7) is -0.524. The number of phenolic OH excluding ortho intramolecular Hbond substituents is 1. The zero-order valence-corrected chi connectivity index (χ0v) is 14.8. The summed E-state index contributed by atoms with van der Waals surface area (Å²) in [5, 5.41) is 14.8. The Hall–Kier alpha value is -2.76. The van der Waals surface area contributed by atoms with Crippen molar-refractivity contribution in [2.45, 2.75) is 0 Å². The Morgan fingerprint density at radius 3 is 2.38 bits per heavy atom. The first kappa shape index (κ1) is 18.0. The van der Waals surface area contributed by atoms with Gasteiger partial charge in [-0.15, -0.1) is 0 Å². The zero-order valence-electron chi connectivity index (χ0n) is 13.3. The molecule has 3 aromatic carbocycles. The van der Waals surface area contributed by atoms with E-state index in [2.05, 4.69) is 5.32 Å². The average Bonchev–Trinajstić information content (AvgIpc) is 2.61. The number of rotatable bonds is 4. The summed E-state index contributed by atoms with van der Waals surface area (Å²) in [6, 6.07) is 14.8. The highest BCUT2D eigenvalue weighted by Crippen LogP contribution is 2.26. The van der Waals surface area contributed by atoms with Gasteiger partial charge in [-0.05, 0) is 41.1 Å². The Balaban J connectivity index is 1.66. The molecule has 3 aromatic rings. The van der Waals surface area contributed by atoms with Crippen molar-refractivity contribution in [2.24, 2.45) is 0 Å². The molecule has 0 bridgehead atoms. The quantitative estimate of drug-likeness (QED) is 0.636. The standard InChI is InChI=1S/C19H13Cl2NO4/c20-13-5-6-16(15(21)9-13)22-18(24)10-26-19(25)14-7-11-3-1-2-4-12(11)8-17(14)23/h1-9,23H,10H2,(H,22,24). The largest absolute Gasteiger partial charge is 0.507 e. The number of esters is 1. The van der Waals surface area contributed by atoms with Crippen LogP contribution in [0.3, 0.4) is 0 Å². The molecule has 0 saturated heterocycles. The van der Waals surface area contributed by atoms with Gasteiger partial charge in [0, 0.05) is 5.02 Å². The molecule has 7 heteroatoms. The van der Waals surface area contributed by atoms with Crippen LogP contribution in [-0.2, 0) is 9.53 Å². The SMILES string of the molecule is O=C(COC(=O)c1cc2ccccc2cc1O)Nc1ccc(Cl)cc1Cl. The molecule has 0 saturated carbocycles. The van der Waals surface area contributed by atoms with Gasteiger partial charge in [0.05, 0.1) is 10.7 Å². The van der Waals surface area contributed by atoms with Crippen LogP contribution in [0, 0.1) is 0 Å². The molecule has 0 unspecified atom stereocenters. The Labute approximate surface area is 159 Å². The van der Waals surface area contributed by atoms with Crippen LogP contribution in [0.15, 0.2) is 54.6 Å². The highest BCUT2D eigenvalue weighted by atomic mass is 35.5. The third-order valence-electron chi connectivity index (χ3n) is 3.62. The number of phenols is 1. The van der Waals surface area contributed by atoms with Gasteiger partial charge >= 0.3 is 5.97 Å². The van der Waals surface area contributed by atoms with Crippen molar-refractivity contribution in [2.75, 3.05) is 11.9 Å². The minimum absolute atomic E-state index is 0.0129. The van der Waals surface area contributed by atoms with E-state index in [-0.39, 0.29) is 16.3 Å². The van der Waals surface area contributed by atoms with Crippen LogP contribution < -0.4 is 5.32 Å². The second-order valence-corrected chi connectivity index (χ2v) is 6.31. The maximum Gasteiger partial charge on any atom is 0.342 e. The summed E-state index contributed by atoms with van der Waals surface area (Å²) >= 11 is 11.8. The van der Waals surface area contributed by atoms with Gasteiger partial charge in [-0.3, -0.25) is 4.79 Å². The van der Waals surface area contributed by atoms with Gasteiger partial charge < -0.3 is 15.2 Å². The highest BCUT2D eigenvalue weighted by Gasteiger charge is 2.16. The number of benzene rings is 3. The van der Waals surface area contributed by atoms with Crippen LogP contribution in [0.5, 0.6) is 5.75 Å². The number of hydrogen-bond donors (Lipinski definition) is 2. The molecule has 3 rings (SSSR count). The topological polar surface area (TPSA) is 75.6 Å². The van der Waals surface area contributed by atoms with Crippen LogP contribution >= 0.6 is 23.2 Å². The molecular formula is C19H13Cl2NO4. The van der Waals surface area contributed by atoms with E-state index < -0.39 is 18.5 Å². The third kappa shape index (κ3) is 4.07. The van der Waals surface area contributed by atoms with E-state index in [1.165, 1.54) is 18.2 Å². The molecule has 0 aliphatic carbocycles. The van der Waals surface area contributed by atoms with Crippen molar-refractivity contribution >= 4 is 51.5 Å². The van der Waals surface area contributed by atoms with Gasteiger partial charge in [-0.25, -0.2) is 4.79 Å². The minimum atomic E-state index is -0.800. The lowest BCUT2D eigenvalue weighted by Gasteiger charge is -2.09.